The number of rotatable bonds is 6. The van der Waals surface area contributed by atoms with Crippen molar-refractivity contribution in [3.05, 3.63) is 24.2 Å². The third-order valence-electron chi connectivity index (χ3n) is 4.76. The van der Waals surface area contributed by atoms with Gasteiger partial charge in [0.05, 0.1) is 18.7 Å². The van der Waals surface area contributed by atoms with Gasteiger partial charge in [0.25, 0.3) is 5.91 Å². The van der Waals surface area contributed by atoms with Crippen LogP contribution in [-0.4, -0.2) is 47.9 Å². The van der Waals surface area contributed by atoms with Gasteiger partial charge >= 0.3 is 12.0 Å². The number of esters is 1. The number of furan rings is 1. The summed E-state index contributed by atoms with van der Waals surface area (Å²) in [6.07, 6.45) is 5.48. The maximum Gasteiger partial charge on any atom is 0.321 e. The van der Waals surface area contributed by atoms with Gasteiger partial charge in [-0.15, -0.1) is 0 Å². The van der Waals surface area contributed by atoms with Gasteiger partial charge in [-0.05, 0) is 25.0 Å². The van der Waals surface area contributed by atoms with E-state index in [1.807, 2.05) is 0 Å². The van der Waals surface area contributed by atoms with Crippen molar-refractivity contribution in [1.29, 1.82) is 0 Å². The Kier molecular flexibility index (Phi) is 6.10. The molecule has 9 nitrogen and oxygen atoms in total. The van der Waals surface area contributed by atoms with Crippen LogP contribution in [0.25, 0.3) is 0 Å². The van der Waals surface area contributed by atoms with Gasteiger partial charge in [0, 0.05) is 19.0 Å². The lowest BCUT2D eigenvalue weighted by molar-refractivity contribution is -0.152. The highest BCUT2D eigenvalue weighted by molar-refractivity contribution is 5.96. The van der Waals surface area contributed by atoms with Crippen molar-refractivity contribution >= 4 is 23.8 Å². The smallest absolute Gasteiger partial charge is 0.321 e. The molecule has 27 heavy (non-hydrogen) atoms. The van der Waals surface area contributed by atoms with Gasteiger partial charge in [-0.1, -0.05) is 12.8 Å². The fourth-order valence-electron chi connectivity index (χ4n) is 3.38. The van der Waals surface area contributed by atoms with Crippen molar-refractivity contribution < 1.29 is 28.3 Å². The van der Waals surface area contributed by atoms with Crippen molar-refractivity contribution in [2.24, 2.45) is 5.92 Å². The molecule has 146 valence electrons. The minimum Gasteiger partial charge on any atom is -0.467 e. The van der Waals surface area contributed by atoms with Crippen LogP contribution in [0, 0.1) is 5.92 Å². The Balaban J connectivity index is 1.37. The predicted molar refractivity (Wildman–Crippen MR) is 92.1 cm³/mol. The third-order valence-corrected chi connectivity index (χ3v) is 4.76. The normalized spacial score (nSPS) is 19.9. The molecule has 0 aromatic carbocycles. The molecule has 1 aliphatic heterocycles. The zero-order valence-corrected chi connectivity index (χ0v) is 14.9. The average molecular weight is 377 g/mol. The second kappa shape index (κ2) is 8.70. The number of ether oxygens (including phenoxy) is 1. The lowest BCUT2D eigenvalue weighted by Crippen LogP contribution is -2.45. The first-order valence-electron chi connectivity index (χ1n) is 9.08. The first kappa shape index (κ1) is 18.9. The molecule has 2 fully saturated rings. The number of carbonyl (C=O) groups excluding carboxylic acids is 4. The van der Waals surface area contributed by atoms with E-state index in [0.29, 0.717) is 5.76 Å². The molecule has 3 rings (SSSR count). The number of nitrogens with zero attached hydrogens (tertiary/aromatic N) is 1. The Morgan fingerprint density at radius 3 is 2.74 bits per heavy atom. The second-order valence-electron chi connectivity index (χ2n) is 6.87. The molecule has 1 saturated heterocycles. The van der Waals surface area contributed by atoms with Crippen LogP contribution >= 0.6 is 0 Å². The number of hydrogen-bond acceptors (Lipinski definition) is 6. The summed E-state index contributed by atoms with van der Waals surface area (Å²) in [4.78, 5) is 49.1. The van der Waals surface area contributed by atoms with Crippen LogP contribution in [0.4, 0.5) is 4.79 Å². The largest absolute Gasteiger partial charge is 0.467 e. The van der Waals surface area contributed by atoms with Gasteiger partial charge in [-0.3, -0.25) is 19.7 Å². The van der Waals surface area contributed by atoms with Crippen LogP contribution in [-0.2, 0) is 25.7 Å². The predicted octanol–water partition coefficient (Wildman–Crippen LogP) is 0.940. The number of nitrogens with one attached hydrogen (secondary N) is 2. The first-order chi connectivity index (χ1) is 13.0. The van der Waals surface area contributed by atoms with Gasteiger partial charge in [-0.25, -0.2) is 4.79 Å². The molecule has 0 unspecified atom stereocenters. The molecule has 0 spiro atoms. The fourth-order valence-corrected chi connectivity index (χ4v) is 3.38. The molecule has 1 aliphatic carbocycles. The minimum absolute atomic E-state index is 0.0311. The number of carbonyl (C=O) groups is 4. The molecule has 2 aliphatic rings. The summed E-state index contributed by atoms with van der Waals surface area (Å²) in [6.45, 7) is -0.0562. The summed E-state index contributed by atoms with van der Waals surface area (Å²) in [5, 5.41) is 4.86. The number of amides is 4. The maximum atomic E-state index is 12.1. The second-order valence-corrected chi connectivity index (χ2v) is 6.87. The zero-order valence-electron chi connectivity index (χ0n) is 14.9. The molecule has 2 N–H and O–H groups in total. The standard InChI is InChI=1S/C18H23N3O6/c22-15(20-18(25)19-13-4-1-2-5-13)11-27-17(24)12-8-16(23)21(9-12)10-14-6-3-7-26-14/h3,6-7,12-13H,1-2,4-5,8-11H2,(H2,19,20,22,25)/t12-/m0/s1. The molecule has 4 amide bonds. The maximum absolute atomic E-state index is 12.1. The van der Waals surface area contributed by atoms with E-state index >= 15 is 0 Å². The van der Waals surface area contributed by atoms with E-state index in [1.165, 1.54) is 11.2 Å². The third kappa shape index (κ3) is 5.32. The van der Waals surface area contributed by atoms with Crippen LogP contribution in [0.15, 0.2) is 22.8 Å². The molecular weight excluding hydrogens is 354 g/mol. The monoisotopic (exact) mass is 377 g/mol. The van der Waals surface area contributed by atoms with Crippen molar-refractivity contribution in [1.82, 2.24) is 15.5 Å². The van der Waals surface area contributed by atoms with Gasteiger partial charge in [0.15, 0.2) is 6.61 Å². The molecule has 1 aromatic heterocycles. The highest BCUT2D eigenvalue weighted by Gasteiger charge is 2.36. The van der Waals surface area contributed by atoms with Gasteiger partial charge in [-0.2, -0.15) is 0 Å². The number of urea groups is 1. The van der Waals surface area contributed by atoms with Crippen molar-refractivity contribution in [2.75, 3.05) is 13.2 Å². The van der Waals surface area contributed by atoms with E-state index in [0.717, 1.165) is 25.7 Å². The van der Waals surface area contributed by atoms with Gasteiger partial charge < -0.3 is 19.4 Å². The Morgan fingerprint density at radius 2 is 2.04 bits per heavy atom. The minimum atomic E-state index is -0.699. The number of imide groups is 1. The van der Waals surface area contributed by atoms with Crippen LogP contribution in [0.3, 0.4) is 0 Å². The molecule has 9 heteroatoms. The van der Waals surface area contributed by atoms with Gasteiger partial charge in [0.1, 0.15) is 5.76 Å². The van der Waals surface area contributed by atoms with Crippen LogP contribution in [0.1, 0.15) is 37.9 Å². The summed E-state index contributed by atoms with van der Waals surface area (Å²) in [5.41, 5.74) is 0. The summed E-state index contributed by atoms with van der Waals surface area (Å²) in [7, 11) is 0. The first-order valence-corrected chi connectivity index (χ1v) is 9.08. The van der Waals surface area contributed by atoms with Crippen molar-refractivity contribution in [3.63, 3.8) is 0 Å². The summed E-state index contributed by atoms with van der Waals surface area (Å²) in [5.74, 6) is -1.50. The number of likely N-dealkylation sites (tertiary alicyclic amines) is 1. The van der Waals surface area contributed by atoms with Crippen molar-refractivity contribution in [2.45, 2.75) is 44.7 Å². The molecule has 2 heterocycles. The topological polar surface area (TPSA) is 118 Å². The Bertz CT molecular complexity index is 696. The quantitative estimate of drug-likeness (QED) is 0.713. The number of hydrogen-bond donors (Lipinski definition) is 2. The van der Waals surface area contributed by atoms with E-state index < -0.39 is 30.4 Å². The molecule has 1 saturated carbocycles. The van der Waals surface area contributed by atoms with E-state index in [4.69, 9.17) is 9.15 Å². The summed E-state index contributed by atoms with van der Waals surface area (Å²) >= 11 is 0. The Morgan fingerprint density at radius 1 is 1.26 bits per heavy atom. The van der Waals surface area contributed by atoms with E-state index in [-0.39, 0.29) is 31.5 Å². The van der Waals surface area contributed by atoms with Crippen LogP contribution < -0.4 is 10.6 Å². The van der Waals surface area contributed by atoms with Crippen molar-refractivity contribution in [3.8, 4) is 0 Å². The average Bonchev–Trinajstić information content (AvgIpc) is 3.37. The molecule has 1 aromatic rings. The van der Waals surface area contributed by atoms with Crippen LogP contribution in [0.5, 0.6) is 0 Å². The van der Waals surface area contributed by atoms with E-state index in [1.54, 1.807) is 12.1 Å². The molecule has 0 radical (unpaired) electrons. The summed E-state index contributed by atoms with van der Waals surface area (Å²) in [6, 6.07) is 2.98. The Labute approximate surface area is 156 Å². The van der Waals surface area contributed by atoms with E-state index in [2.05, 4.69) is 10.6 Å². The zero-order chi connectivity index (χ0) is 19.2. The summed E-state index contributed by atoms with van der Waals surface area (Å²) < 4.78 is 10.2. The van der Waals surface area contributed by atoms with Gasteiger partial charge in [0.2, 0.25) is 5.91 Å². The highest BCUT2D eigenvalue weighted by atomic mass is 16.5. The fraction of sp³-hybridized carbons (Fsp3) is 0.556. The van der Waals surface area contributed by atoms with E-state index in [9.17, 15) is 19.2 Å². The molecule has 1 atom stereocenters. The lowest BCUT2D eigenvalue weighted by Gasteiger charge is -2.15. The Hall–Kier alpha value is -2.84. The van der Waals surface area contributed by atoms with Crippen LogP contribution in [0.2, 0.25) is 0 Å². The molecule has 0 bridgehead atoms. The molecular formula is C18H23N3O6. The highest BCUT2D eigenvalue weighted by Crippen LogP contribution is 2.21. The lowest BCUT2D eigenvalue weighted by atomic mass is 10.1. The SMILES string of the molecule is O=C(COC(=O)[C@H]1CC(=O)N(Cc2ccco2)C1)NC(=O)NC1CCCC1.